The van der Waals surface area contributed by atoms with E-state index in [1.54, 1.807) is 0 Å². The molecule has 0 bridgehead atoms. The molecule has 0 saturated heterocycles. The molecule has 7 rings (SSSR count). The second-order valence-electron chi connectivity index (χ2n) is 11.0. The second kappa shape index (κ2) is 10.1. The summed E-state index contributed by atoms with van der Waals surface area (Å²) in [7, 11) is 6.77. The maximum Gasteiger partial charge on any atom is 0.0419 e. The Bertz CT molecular complexity index is 1550. The zero-order valence-corrected chi connectivity index (χ0v) is 24.6. The molecule has 6 aromatic rings. The van der Waals surface area contributed by atoms with Crippen LogP contribution >= 0.6 is 18.5 Å². The SMILES string of the molecule is PC(c1ccccc1)(c1ccccc1)C1c2cccc3cccc(c23)C1C(P)(c1ccccc1)c1ccccc1. The zero-order valence-electron chi connectivity index (χ0n) is 22.3. The summed E-state index contributed by atoms with van der Waals surface area (Å²) < 4.78 is 0. The third-order valence-corrected chi connectivity index (χ3v) is 11.0. The molecule has 0 radical (unpaired) electrons. The fourth-order valence-corrected chi connectivity index (χ4v) is 8.71. The van der Waals surface area contributed by atoms with Crippen molar-refractivity contribution in [1.82, 2.24) is 0 Å². The van der Waals surface area contributed by atoms with Crippen LogP contribution in [0.4, 0.5) is 0 Å². The quantitative estimate of drug-likeness (QED) is 0.181. The Morgan fingerprint density at radius 2 is 0.650 bits per heavy atom. The van der Waals surface area contributed by atoms with Crippen LogP contribution in [0.15, 0.2) is 158 Å². The van der Waals surface area contributed by atoms with E-state index >= 15 is 0 Å². The first-order valence-electron chi connectivity index (χ1n) is 13.9. The molecule has 0 nitrogen and oxygen atoms in total. The van der Waals surface area contributed by atoms with Gasteiger partial charge in [0.15, 0.2) is 0 Å². The van der Waals surface area contributed by atoms with Crippen molar-refractivity contribution in [3.63, 3.8) is 0 Å². The highest BCUT2D eigenvalue weighted by molar-refractivity contribution is 7.19. The minimum atomic E-state index is -0.369. The van der Waals surface area contributed by atoms with Gasteiger partial charge in [0.25, 0.3) is 0 Å². The van der Waals surface area contributed by atoms with Gasteiger partial charge in [-0.1, -0.05) is 158 Å². The van der Waals surface area contributed by atoms with Crippen LogP contribution in [0.3, 0.4) is 0 Å². The van der Waals surface area contributed by atoms with Gasteiger partial charge >= 0.3 is 0 Å². The smallest absolute Gasteiger partial charge is 0.0419 e. The van der Waals surface area contributed by atoms with Gasteiger partial charge in [0.1, 0.15) is 0 Å². The van der Waals surface area contributed by atoms with E-state index in [0.717, 1.165) is 0 Å². The highest BCUT2D eigenvalue weighted by Crippen LogP contribution is 2.67. The number of benzene rings is 6. The van der Waals surface area contributed by atoms with Crippen molar-refractivity contribution in [1.29, 1.82) is 0 Å². The summed E-state index contributed by atoms with van der Waals surface area (Å²) in [6, 6.07) is 58.1. The van der Waals surface area contributed by atoms with Crippen LogP contribution in [-0.2, 0) is 10.3 Å². The lowest BCUT2D eigenvalue weighted by Gasteiger charge is -2.48. The molecular formula is C38H32P2. The number of hydrogen-bond donors (Lipinski definition) is 0. The Labute approximate surface area is 241 Å². The Morgan fingerprint density at radius 3 is 0.950 bits per heavy atom. The normalized spacial score (nSPS) is 16.8. The van der Waals surface area contributed by atoms with E-state index in [1.807, 2.05) is 0 Å². The predicted octanol–water partition coefficient (Wildman–Crippen LogP) is 9.66. The van der Waals surface area contributed by atoms with Crippen molar-refractivity contribution >= 4 is 29.3 Å². The van der Waals surface area contributed by atoms with Crippen LogP contribution in [-0.4, -0.2) is 0 Å². The number of hydrogen-bond acceptors (Lipinski definition) is 0. The van der Waals surface area contributed by atoms with Crippen molar-refractivity contribution in [3.05, 3.63) is 191 Å². The lowest BCUT2D eigenvalue weighted by atomic mass is 9.65. The molecule has 40 heavy (non-hydrogen) atoms. The third kappa shape index (κ3) is 3.82. The van der Waals surface area contributed by atoms with Gasteiger partial charge in [0.05, 0.1) is 0 Å². The lowest BCUT2D eigenvalue weighted by molar-refractivity contribution is 0.420. The fraction of sp³-hybridized carbons (Fsp3) is 0.105. The first kappa shape index (κ1) is 25.4. The van der Waals surface area contributed by atoms with E-state index in [2.05, 4.69) is 176 Å². The van der Waals surface area contributed by atoms with Gasteiger partial charge in [-0.05, 0) is 44.2 Å². The van der Waals surface area contributed by atoms with Crippen LogP contribution in [0.25, 0.3) is 10.8 Å². The van der Waals surface area contributed by atoms with Gasteiger partial charge in [0.2, 0.25) is 0 Å². The van der Waals surface area contributed by atoms with E-state index in [9.17, 15) is 0 Å². The van der Waals surface area contributed by atoms with Crippen molar-refractivity contribution in [3.8, 4) is 0 Å². The second-order valence-corrected chi connectivity index (χ2v) is 12.8. The van der Waals surface area contributed by atoms with E-state index in [0.29, 0.717) is 0 Å². The molecule has 0 fully saturated rings. The molecule has 1 aliphatic carbocycles. The summed E-state index contributed by atoms with van der Waals surface area (Å²) in [5, 5.41) is 1.97. The monoisotopic (exact) mass is 550 g/mol. The fourth-order valence-electron chi connectivity index (χ4n) is 7.20. The maximum absolute atomic E-state index is 3.38. The molecule has 4 unspecified atom stereocenters. The van der Waals surface area contributed by atoms with Gasteiger partial charge in [-0.3, -0.25) is 0 Å². The summed E-state index contributed by atoms with van der Waals surface area (Å²) in [5.41, 5.74) is 8.05. The van der Waals surface area contributed by atoms with Crippen molar-refractivity contribution in [2.24, 2.45) is 0 Å². The zero-order chi connectivity index (χ0) is 27.2. The lowest BCUT2D eigenvalue weighted by Crippen LogP contribution is -2.39. The summed E-state index contributed by atoms with van der Waals surface area (Å²) in [4.78, 5) is 0. The first-order valence-corrected chi connectivity index (χ1v) is 15.1. The topological polar surface area (TPSA) is 0 Å². The Hall–Kier alpha value is -3.56. The van der Waals surface area contributed by atoms with E-state index in [-0.39, 0.29) is 22.1 Å². The highest BCUT2D eigenvalue weighted by Gasteiger charge is 2.55. The van der Waals surface area contributed by atoms with Gasteiger partial charge in [0, 0.05) is 22.1 Å². The molecule has 0 heterocycles. The van der Waals surface area contributed by atoms with E-state index < -0.39 is 0 Å². The molecule has 1 aliphatic rings. The standard InChI is InChI=1S/C38H32P2/c39-37(28-17-5-1-6-18-28,29-19-7-2-8-20-29)35-32-25-13-15-27-16-14-26-33(34(27)32)36(35)38(40,30-21-9-3-10-22-30)31-23-11-4-12-24-31/h1-26,35-36H,39-40H2. The van der Waals surface area contributed by atoms with Crippen molar-refractivity contribution in [2.75, 3.05) is 0 Å². The molecule has 0 amide bonds. The van der Waals surface area contributed by atoms with Crippen LogP contribution < -0.4 is 0 Å². The molecule has 0 N–H and O–H groups in total. The highest BCUT2D eigenvalue weighted by atomic mass is 31.0. The molecule has 0 aromatic heterocycles. The molecule has 4 atom stereocenters. The molecule has 0 spiro atoms. The molecule has 0 aliphatic heterocycles. The van der Waals surface area contributed by atoms with Crippen LogP contribution in [0, 0.1) is 0 Å². The average molecular weight is 551 g/mol. The molecular weight excluding hydrogens is 518 g/mol. The predicted molar refractivity (Wildman–Crippen MR) is 176 cm³/mol. The summed E-state index contributed by atoms with van der Waals surface area (Å²) in [6.45, 7) is 0. The first-order chi connectivity index (χ1) is 19.6. The average Bonchev–Trinajstić information content (AvgIpc) is 3.39. The van der Waals surface area contributed by atoms with Gasteiger partial charge < -0.3 is 0 Å². The van der Waals surface area contributed by atoms with Gasteiger partial charge in [-0.2, -0.15) is 0 Å². The summed E-state index contributed by atoms with van der Waals surface area (Å²) in [5.74, 6) is 0.280. The maximum atomic E-state index is 3.38. The van der Waals surface area contributed by atoms with Gasteiger partial charge in [-0.15, -0.1) is 18.5 Å². The van der Waals surface area contributed by atoms with Crippen LogP contribution in [0.5, 0.6) is 0 Å². The van der Waals surface area contributed by atoms with Crippen LogP contribution in [0.1, 0.15) is 45.2 Å². The molecule has 2 heteroatoms. The van der Waals surface area contributed by atoms with Crippen LogP contribution in [0.2, 0.25) is 0 Å². The third-order valence-electron chi connectivity index (χ3n) is 8.96. The Kier molecular flexibility index (Phi) is 6.43. The Balaban J connectivity index is 1.61. The number of rotatable bonds is 6. The van der Waals surface area contributed by atoms with Crippen molar-refractivity contribution in [2.45, 2.75) is 22.1 Å². The molecule has 6 aromatic carbocycles. The molecule has 0 saturated carbocycles. The summed E-state index contributed by atoms with van der Waals surface area (Å²) >= 11 is 0. The Morgan fingerprint density at radius 1 is 0.350 bits per heavy atom. The molecule has 194 valence electrons. The largest absolute Gasteiger partial charge is 0.121 e. The van der Waals surface area contributed by atoms with E-state index in [1.165, 1.54) is 44.2 Å². The summed E-state index contributed by atoms with van der Waals surface area (Å²) in [6.07, 6.45) is 0. The van der Waals surface area contributed by atoms with Crippen molar-refractivity contribution < 1.29 is 0 Å². The van der Waals surface area contributed by atoms with E-state index in [4.69, 9.17) is 0 Å². The minimum absolute atomic E-state index is 0.140. The van der Waals surface area contributed by atoms with Gasteiger partial charge in [-0.25, -0.2) is 0 Å². The minimum Gasteiger partial charge on any atom is -0.121 e.